The highest BCUT2D eigenvalue weighted by Crippen LogP contribution is 2.26. The number of anilines is 1. The van der Waals surface area contributed by atoms with Gasteiger partial charge < -0.3 is 10.2 Å². The number of rotatable bonds is 4. The third-order valence-electron chi connectivity index (χ3n) is 3.32. The van der Waals surface area contributed by atoms with E-state index in [0.29, 0.717) is 3.57 Å². The summed E-state index contributed by atoms with van der Waals surface area (Å²) in [4.78, 5) is 24.9. The number of halogens is 4. The van der Waals surface area contributed by atoms with Crippen LogP contribution in [0.3, 0.4) is 0 Å². The van der Waals surface area contributed by atoms with Gasteiger partial charge in [0.15, 0.2) is 0 Å². The molecule has 22 heavy (non-hydrogen) atoms. The summed E-state index contributed by atoms with van der Waals surface area (Å²) in [6.45, 7) is -0.833. The van der Waals surface area contributed by atoms with Gasteiger partial charge in [0.05, 0.1) is 18.4 Å². The Morgan fingerprint density at radius 1 is 1.32 bits per heavy atom. The van der Waals surface area contributed by atoms with E-state index in [0.717, 1.165) is 4.90 Å². The van der Waals surface area contributed by atoms with Crippen LogP contribution in [0.25, 0.3) is 0 Å². The molecule has 1 aliphatic heterocycles. The van der Waals surface area contributed by atoms with Gasteiger partial charge in [-0.25, -0.2) is 4.39 Å². The Morgan fingerprint density at radius 2 is 2.00 bits per heavy atom. The van der Waals surface area contributed by atoms with E-state index in [1.54, 1.807) is 6.07 Å². The van der Waals surface area contributed by atoms with Crippen molar-refractivity contribution in [2.24, 2.45) is 0 Å². The third-order valence-corrected chi connectivity index (χ3v) is 3.99. The molecule has 0 bridgehead atoms. The van der Waals surface area contributed by atoms with E-state index < -0.39 is 41.7 Å². The highest BCUT2D eigenvalue weighted by molar-refractivity contribution is 14.1. The van der Waals surface area contributed by atoms with Crippen molar-refractivity contribution in [3.63, 3.8) is 0 Å². The van der Waals surface area contributed by atoms with Gasteiger partial charge in [0.25, 0.3) is 5.91 Å². The zero-order valence-corrected chi connectivity index (χ0v) is 13.7. The highest BCUT2D eigenvalue weighted by atomic mass is 127. The molecular weight excluding hydrogens is 412 g/mol. The smallest absolute Gasteiger partial charge is 0.285 e. The first-order valence-corrected chi connectivity index (χ1v) is 7.44. The second-order valence-corrected chi connectivity index (χ2v) is 5.96. The molecule has 1 atom stereocenters. The highest BCUT2D eigenvalue weighted by Gasteiger charge is 2.39. The molecule has 1 heterocycles. The predicted octanol–water partition coefficient (Wildman–Crippen LogP) is 2.79. The molecule has 118 valence electrons. The second kappa shape index (κ2) is 6.67. The Morgan fingerprint density at radius 3 is 2.59 bits per heavy atom. The molecule has 1 aromatic rings. The monoisotopic (exact) mass is 424 g/mol. The quantitative estimate of drug-likeness (QED) is 0.757. The Hall–Kier alpha value is -1.58. The van der Waals surface area contributed by atoms with Crippen LogP contribution < -0.4 is 5.32 Å². The van der Waals surface area contributed by atoms with Gasteiger partial charge in [-0.05, 0) is 40.8 Å². The zero-order valence-electron chi connectivity index (χ0n) is 11.5. The largest absolute Gasteiger partial charge is 0.348 e. The molecule has 0 saturated heterocycles. The average Bonchev–Trinajstić information content (AvgIpc) is 2.48. The Kier molecular flexibility index (Phi) is 5.09. The maximum Gasteiger partial charge on any atom is 0.285 e. The van der Waals surface area contributed by atoms with Crippen molar-refractivity contribution in [2.75, 3.05) is 19.0 Å². The molecule has 1 N–H and O–H groups in total. The lowest BCUT2D eigenvalue weighted by Crippen LogP contribution is -2.49. The summed E-state index contributed by atoms with van der Waals surface area (Å²) in [6, 6.07) is 2.98. The number of alkyl halides is 1. The van der Waals surface area contributed by atoms with Crippen LogP contribution >= 0.6 is 22.6 Å². The van der Waals surface area contributed by atoms with E-state index in [1.807, 2.05) is 22.6 Å². The van der Waals surface area contributed by atoms with Crippen LogP contribution in [0, 0.1) is 9.39 Å². The average molecular weight is 424 g/mol. The summed E-state index contributed by atoms with van der Waals surface area (Å²) in [5.74, 6) is -3.81. The summed E-state index contributed by atoms with van der Waals surface area (Å²) in [5, 5.41) is 2.32. The van der Waals surface area contributed by atoms with Crippen molar-refractivity contribution in [3.8, 4) is 0 Å². The van der Waals surface area contributed by atoms with Gasteiger partial charge in [-0.15, -0.1) is 0 Å². The fraction of sp³-hybridized carbons (Fsp3) is 0.286. The van der Waals surface area contributed by atoms with Crippen LogP contribution in [0.15, 0.2) is 29.7 Å². The molecule has 2 rings (SSSR count). The number of nitrogens with zero attached hydrogens (tertiary/aromatic N) is 1. The van der Waals surface area contributed by atoms with Crippen LogP contribution in [0.1, 0.15) is 6.42 Å². The molecule has 8 heteroatoms. The number of carbonyl (C=O) groups excluding carboxylic acids is 2. The fourth-order valence-corrected chi connectivity index (χ4v) is 2.58. The number of benzene rings is 1. The molecule has 4 nitrogen and oxygen atoms in total. The van der Waals surface area contributed by atoms with Crippen LogP contribution in [0.4, 0.5) is 18.9 Å². The van der Waals surface area contributed by atoms with E-state index in [9.17, 15) is 22.8 Å². The van der Waals surface area contributed by atoms with Gasteiger partial charge >= 0.3 is 0 Å². The molecule has 1 aromatic carbocycles. The summed E-state index contributed by atoms with van der Waals surface area (Å²) in [7, 11) is 1.22. The van der Waals surface area contributed by atoms with Crippen LogP contribution in [-0.2, 0) is 9.59 Å². The lowest BCUT2D eigenvalue weighted by Gasteiger charge is -2.31. The standard InChI is InChI=1S/C14H12F3IN2O2/c1-20-10(4-5-15)13(21)12(11(17)14(20)22)19-9-3-2-7(18)6-8(9)16/h2-3,6,10,19H,4-5H2,1H3. The van der Waals surface area contributed by atoms with Crippen molar-refractivity contribution in [2.45, 2.75) is 12.5 Å². The lowest BCUT2D eigenvalue weighted by atomic mass is 10.00. The number of Topliss-reactive ketones (excluding diaryl/α,β-unsaturated/α-hetero) is 1. The first-order chi connectivity index (χ1) is 10.4. The lowest BCUT2D eigenvalue weighted by molar-refractivity contribution is -0.137. The SMILES string of the molecule is CN1C(=O)C(F)=C(Nc2ccc(I)cc2F)C(=O)C1CCF. The Balaban J connectivity index is 2.39. The molecule has 0 aliphatic carbocycles. The van der Waals surface area contributed by atoms with Crippen LogP contribution in [0.2, 0.25) is 0 Å². The van der Waals surface area contributed by atoms with Gasteiger partial charge in [0.1, 0.15) is 11.5 Å². The molecule has 1 unspecified atom stereocenters. The summed E-state index contributed by atoms with van der Waals surface area (Å²) in [5.41, 5.74) is -0.767. The van der Waals surface area contributed by atoms with Gasteiger partial charge in [0, 0.05) is 17.0 Å². The third kappa shape index (κ3) is 3.11. The van der Waals surface area contributed by atoms with Crippen molar-refractivity contribution in [1.82, 2.24) is 4.90 Å². The molecule has 0 fully saturated rings. The number of hydrogen-bond donors (Lipinski definition) is 1. The molecule has 0 saturated carbocycles. The minimum absolute atomic E-state index is 0.129. The molecule has 0 aromatic heterocycles. The van der Waals surface area contributed by atoms with Crippen molar-refractivity contribution < 1.29 is 22.8 Å². The topological polar surface area (TPSA) is 49.4 Å². The summed E-state index contributed by atoms with van der Waals surface area (Å²) < 4.78 is 41.0. The van der Waals surface area contributed by atoms with E-state index in [4.69, 9.17) is 0 Å². The van der Waals surface area contributed by atoms with Gasteiger partial charge in [0.2, 0.25) is 11.6 Å². The minimum atomic E-state index is -1.31. The second-order valence-electron chi connectivity index (χ2n) is 4.71. The Bertz CT molecular complexity index is 663. The maximum atomic E-state index is 14.0. The van der Waals surface area contributed by atoms with Crippen LogP contribution in [0.5, 0.6) is 0 Å². The molecule has 1 amide bonds. The van der Waals surface area contributed by atoms with Crippen molar-refractivity contribution in [1.29, 1.82) is 0 Å². The zero-order chi connectivity index (χ0) is 16.4. The first kappa shape index (κ1) is 16.8. The van der Waals surface area contributed by atoms with Gasteiger partial charge in [-0.1, -0.05) is 0 Å². The molecular formula is C14H12F3IN2O2. The van der Waals surface area contributed by atoms with Gasteiger partial charge in [-0.2, -0.15) is 4.39 Å². The number of ketones is 1. The number of likely N-dealkylation sites (N-methyl/N-ethyl adjacent to an activating group) is 1. The maximum absolute atomic E-state index is 14.0. The van der Waals surface area contributed by atoms with Crippen molar-refractivity contribution >= 4 is 40.0 Å². The first-order valence-electron chi connectivity index (χ1n) is 6.36. The van der Waals surface area contributed by atoms with Crippen molar-refractivity contribution in [3.05, 3.63) is 39.1 Å². The van der Waals surface area contributed by atoms with Gasteiger partial charge in [-0.3, -0.25) is 14.0 Å². The Labute approximate surface area is 138 Å². The van der Waals surface area contributed by atoms with Crippen LogP contribution in [-0.4, -0.2) is 36.4 Å². The molecule has 0 radical (unpaired) electrons. The number of amides is 1. The van der Waals surface area contributed by atoms with E-state index in [-0.39, 0.29) is 12.1 Å². The van der Waals surface area contributed by atoms with E-state index >= 15 is 0 Å². The number of carbonyl (C=O) groups is 2. The number of nitrogens with one attached hydrogen (secondary N) is 1. The summed E-state index contributed by atoms with van der Waals surface area (Å²) in [6.07, 6.45) is -0.241. The van der Waals surface area contributed by atoms with E-state index in [2.05, 4.69) is 5.32 Å². The fourth-order valence-electron chi connectivity index (χ4n) is 2.12. The summed E-state index contributed by atoms with van der Waals surface area (Å²) >= 11 is 1.90. The molecule has 1 aliphatic rings. The molecule has 0 spiro atoms. The normalized spacial score (nSPS) is 19.0. The predicted molar refractivity (Wildman–Crippen MR) is 83.0 cm³/mol. The van der Waals surface area contributed by atoms with E-state index in [1.165, 1.54) is 19.2 Å². The minimum Gasteiger partial charge on any atom is -0.348 e. The number of hydrogen-bond acceptors (Lipinski definition) is 3.